The smallest absolute Gasteiger partial charge is 0.251 e. The summed E-state index contributed by atoms with van der Waals surface area (Å²) < 4.78 is 32.6. The van der Waals surface area contributed by atoms with Gasteiger partial charge in [-0.1, -0.05) is 65.8 Å². The van der Waals surface area contributed by atoms with Crippen LogP contribution in [-0.4, -0.2) is 54.9 Å². The Labute approximate surface area is 269 Å². The first-order valence-corrected chi connectivity index (χ1v) is 16.8. The van der Waals surface area contributed by atoms with Crippen LogP contribution in [0.1, 0.15) is 76.2 Å². The van der Waals surface area contributed by atoms with E-state index in [9.17, 15) is 23.1 Å². The summed E-state index contributed by atoms with van der Waals surface area (Å²) >= 11 is 0. The zero-order valence-corrected chi connectivity index (χ0v) is 27.2. The van der Waals surface area contributed by atoms with Gasteiger partial charge in [0.25, 0.3) is 11.8 Å². The number of aromatic nitrogens is 1. The van der Waals surface area contributed by atoms with Crippen LogP contribution in [0, 0.1) is 6.92 Å². The minimum atomic E-state index is -3.71. The molecule has 11 nitrogen and oxygen atoms in total. The molecular formula is C34H41N5O6S. The van der Waals surface area contributed by atoms with Crippen molar-refractivity contribution in [2.45, 2.75) is 58.3 Å². The van der Waals surface area contributed by atoms with E-state index in [4.69, 9.17) is 4.52 Å². The Hall–Kier alpha value is -4.52. The van der Waals surface area contributed by atoms with Crippen LogP contribution in [0.2, 0.25) is 0 Å². The van der Waals surface area contributed by atoms with Crippen LogP contribution in [0.5, 0.6) is 0 Å². The lowest BCUT2D eigenvalue weighted by atomic mass is 9.99. The summed E-state index contributed by atoms with van der Waals surface area (Å²) in [6.45, 7) is 7.15. The van der Waals surface area contributed by atoms with Gasteiger partial charge in [0.1, 0.15) is 0 Å². The van der Waals surface area contributed by atoms with E-state index in [2.05, 4.69) is 25.8 Å². The molecule has 1 unspecified atom stereocenters. The second-order valence-corrected chi connectivity index (χ2v) is 13.3. The molecule has 0 spiro atoms. The van der Waals surface area contributed by atoms with Gasteiger partial charge in [-0.25, -0.2) is 8.42 Å². The number of amides is 2. The third-order valence-electron chi connectivity index (χ3n) is 7.54. The zero-order chi connectivity index (χ0) is 33.3. The Bertz CT molecular complexity index is 1710. The molecule has 244 valence electrons. The van der Waals surface area contributed by atoms with Crippen LogP contribution in [0.4, 0.5) is 5.69 Å². The van der Waals surface area contributed by atoms with Crippen molar-refractivity contribution < 1.29 is 27.6 Å². The highest BCUT2D eigenvalue weighted by Crippen LogP contribution is 2.20. The minimum absolute atomic E-state index is 0.0533. The van der Waals surface area contributed by atoms with Crippen LogP contribution >= 0.6 is 0 Å². The molecule has 3 aromatic carbocycles. The Morgan fingerprint density at radius 1 is 0.870 bits per heavy atom. The summed E-state index contributed by atoms with van der Waals surface area (Å²) in [6, 6.07) is 23.5. The number of sulfonamides is 1. The van der Waals surface area contributed by atoms with Gasteiger partial charge in [-0.05, 0) is 63.4 Å². The highest BCUT2D eigenvalue weighted by atomic mass is 32.2. The van der Waals surface area contributed by atoms with E-state index in [-0.39, 0.29) is 41.2 Å². The van der Waals surface area contributed by atoms with Crippen molar-refractivity contribution in [2.24, 2.45) is 0 Å². The normalized spacial score (nSPS) is 14.1. The van der Waals surface area contributed by atoms with Crippen LogP contribution in [0.15, 0.2) is 89.5 Å². The first-order valence-electron chi connectivity index (χ1n) is 15.1. The molecule has 0 saturated heterocycles. The SMILES string of the molecule is CCS(=O)(=O)Nc1cc(C(=O)N[C@@H](Cc2ccccc2)[C@H](O)CNC(C)c2cc(C)no2)cc(C(=O)N[C@H](C)c2ccccc2)c1. The molecule has 0 aliphatic rings. The number of hydrogen-bond acceptors (Lipinski definition) is 8. The molecule has 46 heavy (non-hydrogen) atoms. The quantitative estimate of drug-likeness (QED) is 0.128. The first kappa shape index (κ1) is 34.4. The molecule has 12 heteroatoms. The van der Waals surface area contributed by atoms with E-state index < -0.39 is 34.0 Å². The van der Waals surface area contributed by atoms with Gasteiger partial charge < -0.3 is 25.6 Å². The van der Waals surface area contributed by atoms with Gasteiger partial charge >= 0.3 is 0 Å². The fourth-order valence-electron chi connectivity index (χ4n) is 4.84. The van der Waals surface area contributed by atoms with Crippen LogP contribution < -0.4 is 20.7 Å². The predicted octanol–water partition coefficient (Wildman–Crippen LogP) is 4.29. The second-order valence-electron chi connectivity index (χ2n) is 11.2. The molecule has 0 saturated carbocycles. The summed E-state index contributed by atoms with van der Waals surface area (Å²) in [6.07, 6.45) is -0.707. The molecule has 5 N–H and O–H groups in total. The van der Waals surface area contributed by atoms with E-state index in [1.165, 1.54) is 25.1 Å². The summed E-state index contributed by atoms with van der Waals surface area (Å²) in [4.78, 5) is 27.1. The fourth-order valence-corrected chi connectivity index (χ4v) is 5.46. The molecule has 0 aliphatic carbocycles. The molecule has 0 fully saturated rings. The predicted molar refractivity (Wildman–Crippen MR) is 177 cm³/mol. The van der Waals surface area contributed by atoms with Gasteiger partial charge in [-0.15, -0.1) is 0 Å². The highest BCUT2D eigenvalue weighted by molar-refractivity contribution is 7.92. The Morgan fingerprint density at radius 2 is 1.48 bits per heavy atom. The summed E-state index contributed by atoms with van der Waals surface area (Å²) in [5.41, 5.74) is 2.75. The largest absolute Gasteiger partial charge is 0.390 e. The lowest BCUT2D eigenvalue weighted by molar-refractivity contribution is 0.0823. The van der Waals surface area contributed by atoms with E-state index in [1.807, 2.05) is 81.4 Å². The van der Waals surface area contributed by atoms with Crippen molar-refractivity contribution in [2.75, 3.05) is 17.0 Å². The number of benzene rings is 3. The molecule has 0 aliphatic heterocycles. The fraction of sp³-hybridized carbons (Fsp3) is 0.324. The average Bonchev–Trinajstić information content (AvgIpc) is 3.49. The number of anilines is 1. The Kier molecular flexibility index (Phi) is 11.7. The monoisotopic (exact) mass is 647 g/mol. The van der Waals surface area contributed by atoms with Crippen molar-refractivity contribution in [3.8, 4) is 0 Å². The van der Waals surface area contributed by atoms with Crippen LogP contribution in [0.25, 0.3) is 0 Å². The van der Waals surface area contributed by atoms with Gasteiger partial charge in [0.2, 0.25) is 10.0 Å². The maximum atomic E-state index is 13.7. The average molecular weight is 648 g/mol. The number of nitrogens with zero attached hydrogens (tertiary/aromatic N) is 1. The second kappa shape index (κ2) is 15.7. The van der Waals surface area contributed by atoms with Crippen LogP contribution in [-0.2, 0) is 16.4 Å². The van der Waals surface area contributed by atoms with E-state index in [0.29, 0.717) is 12.2 Å². The maximum Gasteiger partial charge on any atom is 0.251 e. The van der Waals surface area contributed by atoms with Crippen molar-refractivity contribution in [3.05, 3.63) is 119 Å². The molecule has 0 bridgehead atoms. The summed E-state index contributed by atoms with van der Waals surface area (Å²) in [5, 5.41) is 24.2. The number of carbonyl (C=O) groups is 2. The van der Waals surface area contributed by atoms with Gasteiger partial charge in [0.15, 0.2) is 5.76 Å². The van der Waals surface area contributed by atoms with Crippen molar-refractivity contribution in [1.29, 1.82) is 0 Å². The Morgan fingerprint density at radius 3 is 2.07 bits per heavy atom. The molecule has 1 heterocycles. The number of hydrogen-bond donors (Lipinski definition) is 5. The minimum Gasteiger partial charge on any atom is -0.390 e. The number of carbonyl (C=O) groups excluding carboxylic acids is 2. The molecule has 4 atom stereocenters. The third kappa shape index (κ3) is 9.74. The van der Waals surface area contributed by atoms with E-state index >= 15 is 0 Å². The van der Waals surface area contributed by atoms with Gasteiger partial charge in [0.05, 0.1) is 41.4 Å². The maximum absolute atomic E-state index is 13.7. The number of rotatable bonds is 15. The Balaban J connectivity index is 1.58. The number of nitrogens with one attached hydrogen (secondary N) is 4. The first-order chi connectivity index (χ1) is 21.9. The number of aliphatic hydroxyl groups is 1. The van der Waals surface area contributed by atoms with E-state index in [1.54, 1.807) is 6.07 Å². The van der Waals surface area contributed by atoms with Gasteiger partial charge in [-0.2, -0.15) is 0 Å². The molecule has 4 rings (SSSR count). The summed E-state index contributed by atoms with van der Waals surface area (Å²) in [5.74, 6) is -0.640. The highest BCUT2D eigenvalue weighted by Gasteiger charge is 2.25. The third-order valence-corrected chi connectivity index (χ3v) is 8.85. The van der Waals surface area contributed by atoms with Crippen LogP contribution in [0.3, 0.4) is 0 Å². The molecular weight excluding hydrogens is 606 g/mol. The number of aryl methyl sites for hydroxylation is 1. The van der Waals surface area contributed by atoms with E-state index in [0.717, 1.165) is 16.8 Å². The molecule has 0 radical (unpaired) electrons. The molecule has 4 aromatic rings. The zero-order valence-electron chi connectivity index (χ0n) is 26.4. The van der Waals surface area contributed by atoms with Gasteiger partial charge in [-0.3, -0.25) is 14.3 Å². The topological polar surface area (TPSA) is 163 Å². The van der Waals surface area contributed by atoms with Crippen molar-refractivity contribution >= 4 is 27.5 Å². The van der Waals surface area contributed by atoms with Gasteiger partial charge in [0, 0.05) is 23.7 Å². The van der Waals surface area contributed by atoms with Crippen molar-refractivity contribution in [3.63, 3.8) is 0 Å². The van der Waals surface area contributed by atoms with Crippen molar-refractivity contribution in [1.82, 2.24) is 21.1 Å². The summed E-state index contributed by atoms with van der Waals surface area (Å²) in [7, 11) is -3.71. The standard InChI is InChI=1S/C34H41N5O6S/c1-5-46(43,44)39-29-19-27(33(41)36-23(3)26-14-10-7-11-15-26)18-28(20-29)34(42)37-30(17-25-12-8-6-9-13-25)31(40)21-35-24(4)32-16-22(2)38-45-32/h6-16,18-20,23-24,30-31,35,39-40H,5,17,21H2,1-4H3,(H,36,41)(H,37,42)/t23-,24?,30+,31-/m1/s1. The molecule has 2 amide bonds. The molecule has 1 aromatic heterocycles. The lowest BCUT2D eigenvalue weighted by Gasteiger charge is -2.26. The number of aliphatic hydroxyl groups excluding tert-OH is 1. The lowest BCUT2D eigenvalue weighted by Crippen LogP contribution is -2.49.